The summed E-state index contributed by atoms with van der Waals surface area (Å²) < 4.78 is 0. The van der Waals surface area contributed by atoms with Crippen LogP contribution >= 0.6 is 0 Å². The van der Waals surface area contributed by atoms with Gasteiger partial charge in [-0.05, 0) is 24.8 Å². The van der Waals surface area contributed by atoms with Gasteiger partial charge in [-0.2, -0.15) is 0 Å². The molecule has 0 fully saturated rings. The Morgan fingerprint density at radius 1 is 1.29 bits per heavy atom. The van der Waals surface area contributed by atoms with Crippen LogP contribution in [0.3, 0.4) is 0 Å². The van der Waals surface area contributed by atoms with Gasteiger partial charge in [-0.25, -0.2) is 4.79 Å². The molecule has 1 aromatic rings. The highest BCUT2D eigenvalue weighted by Crippen LogP contribution is 2.04. The number of carboxylic acid groups (broad SMARTS) is 1. The van der Waals surface area contributed by atoms with Gasteiger partial charge in [0, 0.05) is 0 Å². The Kier molecular flexibility index (Phi) is 3.85. The fourth-order valence-electron chi connectivity index (χ4n) is 1.22. The van der Waals surface area contributed by atoms with Gasteiger partial charge in [-0.3, -0.25) is 5.41 Å². The predicted molar refractivity (Wildman–Crippen MR) is 54.7 cm³/mol. The Balaban J connectivity index is 2.29. The fourth-order valence-corrected chi connectivity index (χ4v) is 1.22. The number of carboxylic acids is 1. The molecule has 0 heterocycles. The lowest BCUT2D eigenvalue weighted by Gasteiger charge is -2.00. The van der Waals surface area contributed by atoms with Crippen LogP contribution in [0.15, 0.2) is 30.3 Å². The van der Waals surface area contributed by atoms with E-state index in [1.807, 2.05) is 30.3 Å². The monoisotopic (exact) mass is 191 g/mol. The molecule has 0 saturated heterocycles. The normalized spacial score (nSPS) is 9.71. The van der Waals surface area contributed by atoms with Crippen LogP contribution in [0.4, 0.5) is 0 Å². The van der Waals surface area contributed by atoms with Crippen molar-refractivity contribution in [2.45, 2.75) is 19.3 Å². The molecule has 3 heteroatoms. The van der Waals surface area contributed by atoms with E-state index in [-0.39, 0.29) is 5.71 Å². The van der Waals surface area contributed by atoms with Crippen molar-refractivity contribution >= 4 is 11.7 Å². The van der Waals surface area contributed by atoms with E-state index in [4.69, 9.17) is 10.5 Å². The lowest BCUT2D eigenvalue weighted by Crippen LogP contribution is -2.11. The standard InChI is InChI=1S/C11H13NO2/c12-10(11(13)14)8-4-7-9-5-2-1-3-6-9/h1-3,5-6,12H,4,7-8H2,(H,13,14). The van der Waals surface area contributed by atoms with Crippen molar-refractivity contribution in [3.63, 3.8) is 0 Å². The van der Waals surface area contributed by atoms with E-state index < -0.39 is 5.97 Å². The second-order valence-corrected chi connectivity index (χ2v) is 3.12. The maximum atomic E-state index is 10.3. The largest absolute Gasteiger partial charge is 0.477 e. The SMILES string of the molecule is N=C(CCCc1ccccc1)C(=O)O. The van der Waals surface area contributed by atoms with E-state index in [0.717, 1.165) is 12.8 Å². The molecular weight excluding hydrogens is 178 g/mol. The van der Waals surface area contributed by atoms with Crippen LogP contribution in [0.1, 0.15) is 18.4 Å². The van der Waals surface area contributed by atoms with Gasteiger partial charge in [0.2, 0.25) is 0 Å². The van der Waals surface area contributed by atoms with Gasteiger partial charge in [0.25, 0.3) is 0 Å². The number of rotatable bonds is 5. The van der Waals surface area contributed by atoms with Crippen molar-refractivity contribution in [3.8, 4) is 0 Å². The summed E-state index contributed by atoms with van der Waals surface area (Å²) in [6, 6.07) is 9.87. The summed E-state index contributed by atoms with van der Waals surface area (Å²) in [7, 11) is 0. The van der Waals surface area contributed by atoms with Crippen LogP contribution < -0.4 is 0 Å². The number of carbonyl (C=O) groups is 1. The second-order valence-electron chi connectivity index (χ2n) is 3.12. The van der Waals surface area contributed by atoms with Crippen LogP contribution in [0.5, 0.6) is 0 Å². The first-order valence-electron chi connectivity index (χ1n) is 4.55. The van der Waals surface area contributed by atoms with Gasteiger partial charge in [0.1, 0.15) is 5.71 Å². The minimum Gasteiger partial charge on any atom is -0.477 e. The number of hydrogen-bond donors (Lipinski definition) is 2. The molecule has 0 aliphatic rings. The first kappa shape index (κ1) is 10.4. The van der Waals surface area contributed by atoms with E-state index >= 15 is 0 Å². The Morgan fingerprint density at radius 2 is 1.93 bits per heavy atom. The van der Waals surface area contributed by atoms with E-state index in [0.29, 0.717) is 6.42 Å². The lowest BCUT2D eigenvalue weighted by molar-refractivity contribution is -0.129. The van der Waals surface area contributed by atoms with E-state index in [1.54, 1.807) is 0 Å². The Bertz CT molecular complexity index is 319. The first-order valence-corrected chi connectivity index (χ1v) is 4.55. The minimum atomic E-state index is -1.11. The second kappa shape index (κ2) is 5.17. The summed E-state index contributed by atoms with van der Waals surface area (Å²) in [6.07, 6.45) is 1.88. The quantitative estimate of drug-likeness (QED) is 0.700. The van der Waals surface area contributed by atoms with Gasteiger partial charge in [0.15, 0.2) is 0 Å². The molecule has 3 nitrogen and oxygen atoms in total. The average molecular weight is 191 g/mol. The lowest BCUT2D eigenvalue weighted by atomic mass is 10.1. The molecule has 74 valence electrons. The first-order chi connectivity index (χ1) is 6.70. The summed E-state index contributed by atoms with van der Waals surface area (Å²) >= 11 is 0. The molecular formula is C11H13NO2. The van der Waals surface area contributed by atoms with Gasteiger partial charge < -0.3 is 5.11 Å². The zero-order chi connectivity index (χ0) is 10.4. The van der Waals surface area contributed by atoms with Crippen molar-refractivity contribution in [1.29, 1.82) is 5.41 Å². The highest BCUT2D eigenvalue weighted by molar-refractivity contribution is 6.34. The third kappa shape index (κ3) is 3.39. The Morgan fingerprint density at radius 3 is 2.50 bits per heavy atom. The summed E-state index contributed by atoms with van der Waals surface area (Å²) in [5, 5.41) is 15.6. The number of aliphatic carboxylic acids is 1. The maximum Gasteiger partial charge on any atom is 0.349 e. The van der Waals surface area contributed by atoms with Crippen LogP contribution in [-0.2, 0) is 11.2 Å². The van der Waals surface area contributed by atoms with Gasteiger partial charge in [-0.1, -0.05) is 30.3 Å². The minimum absolute atomic E-state index is 0.207. The molecule has 0 bridgehead atoms. The van der Waals surface area contributed by atoms with Crippen LogP contribution in [0.2, 0.25) is 0 Å². The third-order valence-corrected chi connectivity index (χ3v) is 1.99. The van der Waals surface area contributed by atoms with Crippen LogP contribution in [0.25, 0.3) is 0 Å². The molecule has 0 amide bonds. The molecule has 1 rings (SSSR count). The Hall–Kier alpha value is -1.64. The highest BCUT2D eigenvalue weighted by Gasteiger charge is 2.05. The molecule has 0 aliphatic heterocycles. The maximum absolute atomic E-state index is 10.3. The summed E-state index contributed by atoms with van der Waals surface area (Å²) in [4.78, 5) is 10.3. The molecule has 2 N–H and O–H groups in total. The van der Waals surface area contributed by atoms with Crippen molar-refractivity contribution in [2.75, 3.05) is 0 Å². The van der Waals surface area contributed by atoms with Crippen LogP contribution in [0, 0.1) is 5.41 Å². The molecule has 0 spiro atoms. The molecule has 0 atom stereocenters. The van der Waals surface area contributed by atoms with Gasteiger partial charge in [0.05, 0.1) is 0 Å². The number of nitrogens with one attached hydrogen (secondary N) is 1. The summed E-state index contributed by atoms with van der Waals surface area (Å²) in [6.45, 7) is 0. The number of aryl methyl sites for hydroxylation is 1. The van der Waals surface area contributed by atoms with E-state index in [1.165, 1.54) is 5.56 Å². The average Bonchev–Trinajstić information content (AvgIpc) is 2.19. The van der Waals surface area contributed by atoms with Gasteiger partial charge >= 0.3 is 5.97 Å². The van der Waals surface area contributed by atoms with Crippen molar-refractivity contribution < 1.29 is 9.90 Å². The molecule has 0 unspecified atom stereocenters. The third-order valence-electron chi connectivity index (χ3n) is 1.99. The molecule has 0 aromatic heterocycles. The molecule has 0 saturated carbocycles. The molecule has 1 aromatic carbocycles. The highest BCUT2D eigenvalue weighted by atomic mass is 16.4. The van der Waals surface area contributed by atoms with Crippen molar-refractivity contribution in [2.24, 2.45) is 0 Å². The molecule has 0 aliphatic carbocycles. The van der Waals surface area contributed by atoms with Crippen molar-refractivity contribution in [3.05, 3.63) is 35.9 Å². The smallest absolute Gasteiger partial charge is 0.349 e. The van der Waals surface area contributed by atoms with Crippen molar-refractivity contribution in [1.82, 2.24) is 0 Å². The van der Waals surface area contributed by atoms with E-state index in [9.17, 15) is 4.79 Å². The molecule has 0 radical (unpaired) electrons. The zero-order valence-electron chi connectivity index (χ0n) is 7.86. The fraction of sp³-hybridized carbons (Fsp3) is 0.273. The summed E-state index contributed by atoms with van der Waals surface area (Å²) in [5.74, 6) is -1.11. The number of benzene rings is 1. The van der Waals surface area contributed by atoms with Crippen LogP contribution in [-0.4, -0.2) is 16.8 Å². The van der Waals surface area contributed by atoms with Gasteiger partial charge in [-0.15, -0.1) is 0 Å². The predicted octanol–water partition coefficient (Wildman–Crippen LogP) is 2.11. The van der Waals surface area contributed by atoms with E-state index in [2.05, 4.69) is 0 Å². The topological polar surface area (TPSA) is 61.2 Å². The molecule has 14 heavy (non-hydrogen) atoms. The summed E-state index contributed by atoms with van der Waals surface area (Å²) in [5.41, 5.74) is 0.978. The Labute approximate surface area is 82.9 Å². The zero-order valence-corrected chi connectivity index (χ0v) is 7.86. The number of hydrogen-bond acceptors (Lipinski definition) is 2.